The van der Waals surface area contributed by atoms with E-state index in [1.54, 1.807) is 12.0 Å². The summed E-state index contributed by atoms with van der Waals surface area (Å²) >= 11 is 0. The van der Waals surface area contributed by atoms with Gasteiger partial charge in [0.2, 0.25) is 11.8 Å². The Labute approximate surface area is 167 Å². The van der Waals surface area contributed by atoms with Crippen molar-refractivity contribution in [2.45, 2.75) is 78.2 Å². The molecule has 0 spiro atoms. The molecular weight excluding hydrogens is 364 g/mol. The maximum Gasteiger partial charge on any atom is 0.251 e. The van der Waals surface area contributed by atoms with E-state index in [-0.39, 0.29) is 18.4 Å². The van der Waals surface area contributed by atoms with Crippen LogP contribution in [0.2, 0.25) is 0 Å². The molecule has 0 aliphatic carbocycles. The van der Waals surface area contributed by atoms with Gasteiger partial charge in [-0.3, -0.25) is 15.0 Å². The lowest BCUT2D eigenvalue weighted by atomic mass is 10.1. The van der Waals surface area contributed by atoms with Gasteiger partial charge in [-0.05, 0) is 31.6 Å². The Balaban J connectivity index is 4.45. The van der Waals surface area contributed by atoms with Crippen LogP contribution >= 0.6 is 0 Å². The monoisotopic (exact) mass is 399 g/mol. The highest BCUT2D eigenvalue weighted by Gasteiger charge is 2.20. The van der Waals surface area contributed by atoms with Crippen LogP contribution in [0.5, 0.6) is 0 Å². The predicted octanol–water partition coefficient (Wildman–Crippen LogP) is 1.85. The van der Waals surface area contributed by atoms with Crippen LogP contribution in [0.15, 0.2) is 0 Å². The molecule has 0 aliphatic rings. The van der Waals surface area contributed by atoms with Gasteiger partial charge in [0.1, 0.15) is 6.04 Å². The zero-order valence-corrected chi connectivity index (χ0v) is 17.2. The van der Waals surface area contributed by atoms with Crippen LogP contribution in [0, 0.1) is 28.0 Å². The van der Waals surface area contributed by atoms with Crippen molar-refractivity contribution in [2.75, 3.05) is 6.54 Å². The molecule has 0 rings (SSSR count). The Morgan fingerprint density at radius 2 is 1.89 bits per heavy atom. The third-order valence-corrected chi connectivity index (χ3v) is 3.92. The summed E-state index contributed by atoms with van der Waals surface area (Å²) in [7, 11) is 0. The Kier molecular flexibility index (Phi) is 14.3. The van der Waals surface area contributed by atoms with Gasteiger partial charge in [-0.15, -0.1) is 0 Å². The lowest BCUT2D eigenvalue weighted by Crippen LogP contribution is -2.46. The number of guanidine groups is 1. The molecule has 0 heterocycles. The SMILES string of the molecule is CCCCCCC(=O)N[C@@H](CCCNC(=N)N[N+](=O)[O-])C(=O)N[CH]CC(C)C. The topological polar surface area (TPSA) is 149 Å². The molecule has 2 amide bonds. The third-order valence-electron chi connectivity index (χ3n) is 3.92. The zero-order chi connectivity index (χ0) is 21.4. The quantitative estimate of drug-likeness (QED) is 0.0932. The molecule has 0 aliphatic heterocycles. The minimum absolute atomic E-state index is 0.157. The number of amides is 2. The average Bonchev–Trinajstić information content (AvgIpc) is 2.60. The number of hydrogen-bond donors (Lipinski definition) is 5. The summed E-state index contributed by atoms with van der Waals surface area (Å²) in [4.78, 5) is 34.8. The fourth-order valence-electron chi connectivity index (χ4n) is 2.39. The molecule has 28 heavy (non-hydrogen) atoms. The van der Waals surface area contributed by atoms with E-state index in [2.05, 4.69) is 22.9 Å². The molecule has 10 heteroatoms. The van der Waals surface area contributed by atoms with Gasteiger partial charge in [-0.25, -0.2) is 10.1 Å². The Morgan fingerprint density at radius 3 is 2.50 bits per heavy atom. The molecule has 0 unspecified atom stereocenters. The second-order valence-electron chi connectivity index (χ2n) is 7.09. The minimum Gasteiger partial charge on any atom is -0.352 e. The first-order chi connectivity index (χ1) is 13.3. The van der Waals surface area contributed by atoms with Crippen molar-refractivity contribution in [1.29, 1.82) is 5.41 Å². The zero-order valence-electron chi connectivity index (χ0n) is 17.2. The largest absolute Gasteiger partial charge is 0.352 e. The van der Waals surface area contributed by atoms with Gasteiger partial charge in [0, 0.05) is 19.5 Å². The molecule has 161 valence electrons. The molecule has 0 aromatic carbocycles. The first-order valence-electron chi connectivity index (χ1n) is 9.91. The lowest BCUT2D eigenvalue weighted by molar-refractivity contribution is -0.525. The van der Waals surface area contributed by atoms with E-state index in [1.165, 1.54) is 0 Å². The minimum atomic E-state index is -0.824. The van der Waals surface area contributed by atoms with Gasteiger partial charge in [-0.1, -0.05) is 45.5 Å². The smallest absolute Gasteiger partial charge is 0.251 e. The Hall–Kier alpha value is -2.39. The van der Waals surface area contributed by atoms with Crippen molar-refractivity contribution in [1.82, 2.24) is 21.4 Å². The van der Waals surface area contributed by atoms with Crippen LogP contribution in [0.1, 0.15) is 72.1 Å². The number of hydrazine groups is 1. The van der Waals surface area contributed by atoms with Gasteiger partial charge in [0.05, 0.1) is 0 Å². The fraction of sp³-hybridized carbons (Fsp3) is 0.778. The fourth-order valence-corrected chi connectivity index (χ4v) is 2.39. The Bertz CT molecular complexity index is 498. The van der Waals surface area contributed by atoms with Crippen LogP contribution in [-0.2, 0) is 9.59 Å². The number of hydrogen-bond acceptors (Lipinski definition) is 5. The van der Waals surface area contributed by atoms with Crippen molar-refractivity contribution >= 4 is 17.8 Å². The number of nitrogens with zero attached hydrogens (tertiary/aromatic N) is 1. The molecule has 1 atom stereocenters. The highest BCUT2D eigenvalue weighted by molar-refractivity contribution is 5.87. The van der Waals surface area contributed by atoms with Crippen molar-refractivity contribution in [3.63, 3.8) is 0 Å². The lowest BCUT2D eigenvalue weighted by Gasteiger charge is -2.19. The molecule has 5 N–H and O–H groups in total. The van der Waals surface area contributed by atoms with Crippen LogP contribution < -0.4 is 21.4 Å². The van der Waals surface area contributed by atoms with Gasteiger partial charge < -0.3 is 16.0 Å². The molecule has 0 saturated heterocycles. The van der Waals surface area contributed by atoms with Crippen LogP contribution in [0.25, 0.3) is 0 Å². The molecular formula is C18H35N6O4. The molecule has 1 radical (unpaired) electrons. The van der Waals surface area contributed by atoms with E-state index in [0.717, 1.165) is 32.1 Å². The second-order valence-corrected chi connectivity index (χ2v) is 7.09. The van der Waals surface area contributed by atoms with Crippen LogP contribution in [-0.4, -0.2) is 35.4 Å². The van der Waals surface area contributed by atoms with Crippen LogP contribution in [0.3, 0.4) is 0 Å². The highest BCUT2D eigenvalue weighted by atomic mass is 16.7. The standard InChI is InChI=1S/C18H35N6O4/c1-4-5-6-7-10-16(25)22-15(17(26)20-13-11-14(2)3)9-8-12-21-18(19)23-24(27)28/h13-15H,4-12H2,1-3H3,(H,20,26)(H,22,25)(H3,19,21,23)/t15-/m0/s1. The maximum atomic E-state index is 12.4. The van der Waals surface area contributed by atoms with Gasteiger partial charge >= 0.3 is 0 Å². The summed E-state index contributed by atoms with van der Waals surface area (Å²) in [6, 6.07) is -0.679. The number of carbonyl (C=O) groups excluding carboxylic acids is 2. The molecule has 0 aromatic heterocycles. The molecule has 0 aromatic rings. The van der Waals surface area contributed by atoms with Crippen molar-refractivity contribution in [3.8, 4) is 0 Å². The highest BCUT2D eigenvalue weighted by Crippen LogP contribution is 2.05. The van der Waals surface area contributed by atoms with Crippen molar-refractivity contribution < 1.29 is 14.6 Å². The van der Waals surface area contributed by atoms with Gasteiger partial charge in [0.15, 0.2) is 5.03 Å². The molecule has 0 saturated carbocycles. The summed E-state index contributed by atoms with van der Waals surface area (Å²) in [5.41, 5.74) is 1.70. The number of carbonyl (C=O) groups is 2. The van der Waals surface area contributed by atoms with E-state index in [0.29, 0.717) is 25.2 Å². The summed E-state index contributed by atoms with van der Waals surface area (Å²) < 4.78 is 0. The molecule has 10 nitrogen and oxygen atoms in total. The van der Waals surface area contributed by atoms with E-state index >= 15 is 0 Å². The number of nitrogens with one attached hydrogen (secondary N) is 5. The predicted molar refractivity (Wildman–Crippen MR) is 108 cm³/mol. The van der Waals surface area contributed by atoms with E-state index in [1.807, 2.05) is 13.8 Å². The van der Waals surface area contributed by atoms with E-state index < -0.39 is 17.0 Å². The van der Waals surface area contributed by atoms with Gasteiger partial charge in [0.25, 0.3) is 5.96 Å². The van der Waals surface area contributed by atoms with E-state index in [9.17, 15) is 19.7 Å². The number of unbranched alkanes of at least 4 members (excludes halogenated alkanes) is 3. The summed E-state index contributed by atoms with van der Waals surface area (Å²) in [6.45, 7) is 8.15. The summed E-state index contributed by atoms with van der Waals surface area (Å²) in [5, 5.41) is 24.8. The normalized spacial score (nSPS) is 11.6. The van der Waals surface area contributed by atoms with Gasteiger partial charge in [-0.2, -0.15) is 0 Å². The average molecular weight is 400 g/mol. The number of nitro groups is 1. The summed E-state index contributed by atoms with van der Waals surface area (Å²) in [6.07, 6.45) is 5.88. The molecule has 0 bridgehead atoms. The first kappa shape index (κ1) is 25.6. The second kappa shape index (κ2) is 15.6. The first-order valence-corrected chi connectivity index (χ1v) is 9.91. The molecule has 0 fully saturated rings. The van der Waals surface area contributed by atoms with Crippen molar-refractivity contribution in [3.05, 3.63) is 16.7 Å². The maximum absolute atomic E-state index is 12.4. The van der Waals surface area contributed by atoms with Crippen molar-refractivity contribution in [2.24, 2.45) is 5.92 Å². The van der Waals surface area contributed by atoms with Crippen LogP contribution in [0.4, 0.5) is 0 Å². The van der Waals surface area contributed by atoms with E-state index in [4.69, 9.17) is 5.41 Å². The summed E-state index contributed by atoms with van der Waals surface area (Å²) in [5.74, 6) is -0.440. The Morgan fingerprint density at radius 1 is 1.18 bits per heavy atom. The number of rotatable bonds is 15. The third kappa shape index (κ3) is 14.7.